The van der Waals surface area contributed by atoms with Crippen LogP contribution in [-0.4, -0.2) is 24.6 Å². The van der Waals surface area contributed by atoms with Crippen LogP contribution in [0.15, 0.2) is 138 Å². The van der Waals surface area contributed by atoms with Crippen LogP contribution >= 0.6 is 0 Å². The number of phenols is 1. The van der Waals surface area contributed by atoms with Crippen molar-refractivity contribution in [2.24, 2.45) is 0 Å². The zero-order chi connectivity index (χ0) is 45.9. The monoisotopic (exact) mass is 856 g/mol. The summed E-state index contributed by atoms with van der Waals surface area (Å²) in [7, 11) is 0. The molecule has 9 rings (SSSR count). The van der Waals surface area contributed by atoms with Crippen molar-refractivity contribution in [3.05, 3.63) is 162 Å². The molecule has 9 aromatic rings. The van der Waals surface area contributed by atoms with Crippen molar-refractivity contribution in [2.75, 3.05) is 0 Å². The molecule has 0 spiro atoms. The molecule has 0 fully saturated rings. The van der Waals surface area contributed by atoms with Gasteiger partial charge in [0.05, 0.1) is 34.2 Å². The summed E-state index contributed by atoms with van der Waals surface area (Å²) in [6, 6.07) is 43.2. The lowest BCUT2D eigenvalue weighted by atomic mass is 9.83. The number of rotatable bonds is 10. The largest absolute Gasteiger partial charge is 0.507 e. The summed E-state index contributed by atoms with van der Waals surface area (Å²) < 4.78 is 8.11. The molecule has 0 saturated heterocycles. The molecule has 0 aliphatic carbocycles. The van der Waals surface area contributed by atoms with E-state index in [2.05, 4.69) is 178 Å². The second-order valence-corrected chi connectivity index (χ2v) is 19.9. The van der Waals surface area contributed by atoms with Gasteiger partial charge in [-0.1, -0.05) is 131 Å². The van der Waals surface area contributed by atoms with E-state index in [0.717, 1.165) is 78.1 Å². The van der Waals surface area contributed by atoms with E-state index < -0.39 is 0 Å². The first-order chi connectivity index (χ1) is 31.0. The summed E-state index contributed by atoms with van der Waals surface area (Å²) in [5.74, 6) is 1.66. The lowest BCUT2D eigenvalue weighted by Crippen LogP contribution is -2.11. The highest BCUT2D eigenvalue weighted by Crippen LogP contribution is 2.45. The Morgan fingerprint density at radius 1 is 0.554 bits per heavy atom. The second kappa shape index (κ2) is 17.0. The maximum absolute atomic E-state index is 12.0. The first kappa shape index (κ1) is 43.5. The van der Waals surface area contributed by atoms with Gasteiger partial charge >= 0.3 is 0 Å². The molecule has 0 unspecified atom stereocenters. The van der Waals surface area contributed by atoms with Crippen LogP contribution in [0.4, 0.5) is 0 Å². The van der Waals surface area contributed by atoms with Gasteiger partial charge in [-0.05, 0) is 134 Å². The van der Waals surface area contributed by atoms with Crippen molar-refractivity contribution in [1.29, 1.82) is 0 Å². The van der Waals surface area contributed by atoms with Crippen LogP contribution in [0.1, 0.15) is 128 Å². The molecular formula is C59H60N4O2. The fraction of sp³-hybridized carbons (Fsp3) is 0.271. The van der Waals surface area contributed by atoms with E-state index in [-0.39, 0.29) is 34.8 Å². The van der Waals surface area contributed by atoms with E-state index >= 15 is 0 Å². The fourth-order valence-electron chi connectivity index (χ4n) is 9.01. The highest BCUT2D eigenvalue weighted by molar-refractivity contribution is 6.01. The fourth-order valence-corrected chi connectivity index (χ4v) is 9.01. The summed E-state index contributed by atoms with van der Waals surface area (Å²) in [6.07, 6.45) is 3.58. The van der Waals surface area contributed by atoms with Gasteiger partial charge in [-0.25, -0.2) is 4.98 Å². The van der Waals surface area contributed by atoms with Crippen LogP contribution < -0.4 is 0 Å². The third-order valence-corrected chi connectivity index (χ3v) is 12.8. The van der Waals surface area contributed by atoms with Crippen molar-refractivity contribution >= 4 is 22.0 Å². The number of phenolic OH excluding ortho intramolecular Hbond substituents is 1. The van der Waals surface area contributed by atoms with Crippen LogP contribution in [0.2, 0.25) is 0 Å². The lowest BCUT2D eigenvalue weighted by molar-refractivity contribution is 0.476. The normalized spacial score (nSPS) is 12.2. The molecule has 0 amide bonds. The van der Waals surface area contributed by atoms with Crippen molar-refractivity contribution in [1.82, 2.24) is 19.5 Å². The van der Waals surface area contributed by atoms with Gasteiger partial charge in [0, 0.05) is 40.2 Å². The standard InChI is InChI=1S/C59H60N4O2/c1-34(2)46-18-15-19-47(35(3)4)57(46)63-53-32-41(42-30-50(36(5)6)61-51(31-42)37(7)8)28-48(56(53)62-58(63)49-27-40-21-23-65-55(40)33-54(49)64)43-24-44(26-45(25-43)59(9,10)11)52-29-39(20-22-60-52)38-16-13-12-14-17-38/h12-37,64H,1-11H3. The van der Waals surface area contributed by atoms with Gasteiger partial charge in [0.25, 0.3) is 0 Å². The Kier molecular flexibility index (Phi) is 11.3. The SMILES string of the molecule is CC(C)c1cc(-c2cc(-c3cc(-c4cc(-c5ccccc5)ccn4)cc(C(C)(C)C)c3)c3nc(-c4cc5ccoc5cc4O)n(-c4c(C(C)C)cccc4C(C)C)c3c2)cc(C(C)C)n1. The van der Waals surface area contributed by atoms with Crippen molar-refractivity contribution in [2.45, 2.75) is 105 Å². The first-order valence-electron chi connectivity index (χ1n) is 23.2. The molecule has 65 heavy (non-hydrogen) atoms. The van der Waals surface area contributed by atoms with Crippen molar-refractivity contribution in [3.8, 4) is 67.5 Å². The number of aromatic hydroxyl groups is 1. The van der Waals surface area contributed by atoms with E-state index in [4.69, 9.17) is 19.4 Å². The molecule has 4 heterocycles. The van der Waals surface area contributed by atoms with E-state index in [9.17, 15) is 5.11 Å². The van der Waals surface area contributed by atoms with Crippen LogP contribution in [0.3, 0.4) is 0 Å². The van der Waals surface area contributed by atoms with Gasteiger partial charge in [0.1, 0.15) is 17.2 Å². The number of benzene rings is 5. The molecule has 6 heteroatoms. The van der Waals surface area contributed by atoms with Gasteiger partial charge < -0.3 is 9.52 Å². The minimum Gasteiger partial charge on any atom is -0.507 e. The third kappa shape index (κ3) is 8.27. The Morgan fingerprint density at radius 2 is 1.22 bits per heavy atom. The van der Waals surface area contributed by atoms with Crippen LogP contribution in [-0.2, 0) is 5.41 Å². The van der Waals surface area contributed by atoms with E-state index in [0.29, 0.717) is 17.0 Å². The quantitative estimate of drug-likeness (QED) is 0.148. The number of fused-ring (bicyclic) bond motifs is 2. The van der Waals surface area contributed by atoms with Crippen molar-refractivity contribution < 1.29 is 9.52 Å². The number of hydrogen-bond acceptors (Lipinski definition) is 5. The number of nitrogens with zero attached hydrogens (tertiary/aromatic N) is 4. The molecule has 328 valence electrons. The van der Waals surface area contributed by atoms with Gasteiger partial charge in [-0.2, -0.15) is 0 Å². The van der Waals surface area contributed by atoms with Crippen LogP contribution in [0.5, 0.6) is 5.75 Å². The molecule has 0 aliphatic rings. The molecule has 0 aliphatic heterocycles. The molecule has 1 N–H and O–H groups in total. The molecular weight excluding hydrogens is 797 g/mol. The number of aromatic nitrogens is 4. The summed E-state index contributed by atoms with van der Waals surface area (Å²) in [5.41, 5.74) is 18.1. The highest BCUT2D eigenvalue weighted by atomic mass is 16.3. The highest BCUT2D eigenvalue weighted by Gasteiger charge is 2.27. The smallest absolute Gasteiger partial charge is 0.149 e. The van der Waals surface area contributed by atoms with Crippen LogP contribution in [0.25, 0.3) is 83.7 Å². The predicted octanol–water partition coefficient (Wildman–Crippen LogP) is 16.4. The summed E-state index contributed by atoms with van der Waals surface area (Å²) in [4.78, 5) is 15.9. The van der Waals surface area contributed by atoms with E-state index in [1.165, 1.54) is 16.7 Å². The minimum absolute atomic E-state index is 0.109. The Morgan fingerprint density at radius 3 is 1.86 bits per heavy atom. The maximum atomic E-state index is 12.0. The minimum atomic E-state index is -0.180. The average molecular weight is 857 g/mol. The predicted molar refractivity (Wildman–Crippen MR) is 270 cm³/mol. The second-order valence-electron chi connectivity index (χ2n) is 19.9. The van der Waals surface area contributed by atoms with Gasteiger partial charge in [-0.3, -0.25) is 14.5 Å². The Labute approximate surface area is 384 Å². The lowest BCUT2D eigenvalue weighted by Gasteiger charge is -2.23. The van der Waals surface area contributed by atoms with E-state index in [1.54, 1.807) is 12.3 Å². The molecule has 0 atom stereocenters. The Bertz CT molecular complexity index is 3160. The number of imidazole rings is 1. The third-order valence-electron chi connectivity index (χ3n) is 12.8. The average Bonchev–Trinajstić information content (AvgIpc) is 3.91. The molecule has 5 aromatic carbocycles. The Hall–Kier alpha value is -6.79. The molecule has 0 saturated carbocycles. The molecule has 0 bridgehead atoms. The zero-order valence-electron chi connectivity index (χ0n) is 39.7. The summed E-state index contributed by atoms with van der Waals surface area (Å²) in [6.45, 7) is 24.7. The number of hydrogen-bond donors (Lipinski definition) is 1. The molecule has 6 nitrogen and oxygen atoms in total. The van der Waals surface area contributed by atoms with Gasteiger partial charge in [0.2, 0.25) is 0 Å². The van der Waals surface area contributed by atoms with Gasteiger partial charge in [0.15, 0.2) is 0 Å². The Balaban J connectivity index is 1.44. The molecule has 0 radical (unpaired) electrons. The number of furan rings is 1. The van der Waals surface area contributed by atoms with Crippen LogP contribution in [0, 0.1) is 0 Å². The first-order valence-corrected chi connectivity index (χ1v) is 23.2. The van der Waals surface area contributed by atoms with Gasteiger partial charge in [-0.15, -0.1) is 0 Å². The maximum Gasteiger partial charge on any atom is 0.149 e. The van der Waals surface area contributed by atoms with Crippen molar-refractivity contribution in [3.63, 3.8) is 0 Å². The summed E-state index contributed by atoms with van der Waals surface area (Å²) in [5, 5.41) is 12.9. The number of pyridine rings is 2. The summed E-state index contributed by atoms with van der Waals surface area (Å²) >= 11 is 0. The number of para-hydroxylation sites is 1. The molecule has 4 aromatic heterocycles. The zero-order valence-corrected chi connectivity index (χ0v) is 39.7. The van der Waals surface area contributed by atoms with E-state index in [1.807, 2.05) is 24.4 Å². The topological polar surface area (TPSA) is 77.0 Å².